The second kappa shape index (κ2) is 4.28. The van der Waals surface area contributed by atoms with Crippen molar-refractivity contribution in [2.24, 2.45) is 0 Å². The second-order valence-electron chi connectivity index (χ2n) is 3.50. The predicted molar refractivity (Wildman–Crippen MR) is 55.5 cm³/mol. The van der Waals surface area contributed by atoms with Gasteiger partial charge in [-0.05, 0) is 6.92 Å². The fraction of sp³-hybridized carbons (Fsp3) is 0.500. The average molecular weight is 214 g/mol. The van der Waals surface area contributed by atoms with Gasteiger partial charge in [0.1, 0.15) is 5.69 Å². The molecule has 0 amide bonds. The number of hydrogen-bond donors (Lipinski definition) is 5. The smallest absolute Gasteiger partial charge is 0.276 e. The summed E-state index contributed by atoms with van der Waals surface area (Å²) in [7, 11) is 0. The van der Waals surface area contributed by atoms with Gasteiger partial charge in [0.25, 0.3) is 5.56 Å². The average Bonchev–Trinajstić information content (AvgIpc) is 2.25. The number of nitrogens with zero attached hydrogens (tertiary/aromatic N) is 1. The third kappa shape index (κ3) is 2.45. The Morgan fingerprint density at radius 3 is 2.73 bits per heavy atom. The van der Waals surface area contributed by atoms with Crippen molar-refractivity contribution in [3.63, 3.8) is 0 Å². The Labute approximate surface area is 86.0 Å². The lowest BCUT2D eigenvalue weighted by molar-refractivity contribution is 0.147. The molecule has 0 aliphatic heterocycles. The highest BCUT2D eigenvalue weighted by Gasteiger charge is 2.23. The van der Waals surface area contributed by atoms with Crippen LogP contribution in [-0.4, -0.2) is 38.9 Å². The van der Waals surface area contributed by atoms with Crippen LogP contribution in [0.15, 0.2) is 11.1 Å². The molecule has 0 spiro atoms. The van der Waals surface area contributed by atoms with Gasteiger partial charge in [-0.15, -0.1) is 0 Å². The molecule has 0 saturated carbocycles. The summed E-state index contributed by atoms with van der Waals surface area (Å²) in [5, 5.41) is 20.8. The monoisotopic (exact) mass is 214 g/mol. The highest BCUT2D eigenvalue weighted by atomic mass is 16.3. The normalized spacial score (nSPS) is 11.4. The Morgan fingerprint density at radius 1 is 1.60 bits per heavy atom. The fourth-order valence-electron chi connectivity index (χ4n) is 0.925. The molecule has 0 aliphatic rings. The van der Waals surface area contributed by atoms with Crippen LogP contribution in [0.25, 0.3) is 0 Å². The van der Waals surface area contributed by atoms with Gasteiger partial charge in [0.2, 0.25) is 0 Å². The molecule has 0 radical (unpaired) electrons. The van der Waals surface area contributed by atoms with Crippen molar-refractivity contribution in [1.82, 2.24) is 9.97 Å². The lowest BCUT2D eigenvalue weighted by Crippen LogP contribution is -2.43. The summed E-state index contributed by atoms with van der Waals surface area (Å²) in [6.07, 6.45) is 1.19. The van der Waals surface area contributed by atoms with Crippen molar-refractivity contribution in [3.8, 4) is 0 Å². The topological polar surface area (TPSA) is 124 Å². The van der Waals surface area contributed by atoms with E-state index in [1.165, 1.54) is 6.33 Å². The van der Waals surface area contributed by atoms with Crippen molar-refractivity contribution in [2.45, 2.75) is 12.5 Å². The van der Waals surface area contributed by atoms with Gasteiger partial charge in [-0.3, -0.25) is 4.79 Å². The largest absolute Gasteiger partial charge is 0.394 e. The van der Waals surface area contributed by atoms with Crippen molar-refractivity contribution in [1.29, 1.82) is 0 Å². The number of aromatic amines is 1. The first kappa shape index (κ1) is 11.5. The van der Waals surface area contributed by atoms with Crippen LogP contribution in [-0.2, 0) is 0 Å². The maximum absolute atomic E-state index is 11.1. The number of nitrogens with two attached hydrogens (primary N) is 1. The Bertz CT molecular complexity index is 386. The molecule has 7 nitrogen and oxygen atoms in total. The van der Waals surface area contributed by atoms with E-state index in [1.807, 2.05) is 0 Å². The van der Waals surface area contributed by atoms with Crippen molar-refractivity contribution >= 4 is 11.5 Å². The van der Waals surface area contributed by atoms with Crippen molar-refractivity contribution in [3.05, 3.63) is 16.7 Å². The van der Waals surface area contributed by atoms with Gasteiger partial charge in [-0.25, -0.2) is 4.98 Å². The molecule has 6 N–H and O–H groups in total. The van der Waals surface area contributed by atoms with E-state index in [0.29, 0.717) is 0 Å². The summed E-state index contributed by atoms with van der Waals surface area (Å²) in [6.45, 7) is 0.962. The molecule has 0 bridgehead atoms. The molecule has 1 aromatic rings. The Hall–Kier alpha value is -1.60. The molecule has 0 unspecified atom stereocenters. The highest BCUT2D eigenvalue weighted by Crippen LogP contribution is 2.15. The van der Waals surface area contributed by atoms with Gasteiger partial charge in [0.15, 0.2) is 5.82 Å². The van der Waals surface area contributed by atoms with E-state index in [9.17, 15) is 4.79 Å². The summed E-state index contributed by atoms with van der Waals surface area (Å²) < 4.78 is 0. The van der Waals surface area contributed by atoms with Crippen LogP contribution in [0.5, 0.6) is 0 Å². The van der Waals surface area contributed by atoms with Gasteiger partial charge < -0.3 is 26.2 Å². The number of anilines is 2. The molecule has 1 aromatic heterocycles. The molecule has 0 aromatic carbocycles. The number of rotatable bonds is 4. The molecule has 1 rings (SSSR count). The maximum atomic E-state index is 11.1. The Balaban J connectivity index is 2.99. The van der Waals surface area contributed by atoms with Crippen molar-refractivity contribution in [2.75, 3.05) is 24.3 Å². The first-order chi connectivity index (χ1) is 7.02. The van der Waals surface area contributed by atoms with Crippen LogP contribution in [0.1, 0.15) is 6.92 Å². The zero-order valence-corrected chi connectivity index (χ0v) is 8.32. The summed E-state index contributed by atoms with van der Waals surface area (Å²) in [6, 6.07) is 0. The number of aliphatic hydroxyl groups is 2. The van der Waals surface area contributed by atoms with Crippen LogP contribution in [0.3, 0.4) is 0 Å². The molecule has 7 heteroatoms. The standard InChI is InChI=1S/C8H14N4O3/c1-8(2-13,3-14)12-6-5(9)7(15)11-4-10-6/h4,13-14H,2-3,9H2,1H3,(H2,10,11,12,15). The maximum Gasteiger partial charge on any atom is 0.276 e. The highest BCUT2D eigenvalue weighted by molar-refractivity contribution is 5.60. The molecule has 0 atom stereocenters. The van der Waals surface area contributed by atoms with E-state index in [4.69, 9.17) is 15.9 Å². The number of hydrogen-bond acceptors (Lipinski definition) is 6. The van der Waals surface area contributed by atoms with Crippen LogP contribution < -0.4 is 16.6 Å². The number of aromatic nitrogens is 2. The van der Waals surface area contributed by atoms with Crippen LogP contribution in [0.2, 0.25) is 0 Å². The summed E-state index contributed by atoms with van der Waals surface area (Å²) >= 11 is 0. The van der Waals surface area contributed by atoms with Gasteiger partial charge in [0, 0.05) is 0 Å². The predicted octanol–water partition coefficient (Wildman–Crippen LogP) is -1.49. The van der Waals surface area contributed by atoms with Crippen molar-refractivity contribution < 1.29 is 10.2 Å². The Kier molecular flexibility index (Phi) is 3.28. The second-order valence-corrected chi connectivity index (χ2v) is 3.50. The molecule has 84 valence electrons. The number of nitrogen functional groups attached to an aromatic ring is 1. The first-order valence-corrected chi connectivity index (χ1v) is 4.35. The molecular weight excluding hydrogens is 200 g/mol. The van der Waals surface area contributed by atoms with Gasteiger partial charge in [-0.2, -0.15) is 0 Å². The van der Waals surface area contributed by atoms with Gasteiger partial charge in [0.05, 0.1) is 25.1 Å². The number of H-pyrrole nitrogens is 1. The minimum absolute atomic E-state index is 0.0781. The van der Waals surface area contributed by atoms with Gasteiger partial charge >= 0.3 is 0 Å². The molecule has 0 aliphatic carbocycles. The lowest BCUT2D eigenvalue weighted by Gasteiger charge is -2.26. The zero-order chi connectivity index (χ0) is 11.5. The number of aliphatic hydroxyl groups excluding tert-OH is 2. The lowest BCUT2D eigenvalue weighted by atomic mass is 10.1. The van der Waals surface area contributed by atoms with E-state index in [2.05, 4.69) is 15.3 Å². The molecule has 1 heterocycles. The Morgan fingerprint density at radius 2 is 2.20 bits per heavy atom. The third-order valence-electron chi connectivity index (χ3n) is 2.01. The summed E-state index contributed by atoms with van der Waals surface area (Å²) in [5.41, 5.74) is 3.96. The van der Waals surface area contributed by atoms with E-state index >= 15 is 0 Å². The summed E-state index contributed by atoms with van der Waals surface area (Å²) in [4.78, 5) is 17.2. The quantitative estimate of drug-likeness (QED) is 0.416. The number of nitrogens with one attached hydrogen (secondary N) is 2. The first-order valence-electron chi connectivity index (χ1n) is 4.35. The molecule has 0 saturated heterocycles. The van der Waals surface area contributed by atoms with Crippen LogP contribution in [0, 0.1) is 0 Å². The van der Waals surface area contributed by atoms with E-state index in [1.54, 1.807) is 6.92 Å². The van der Waals surface area contributed by atoms with Gasteiger partial charge in [-0.1, -0.05) is 0 Å². The van der Waals surface area contributed by atoms with Crippen LogP contribution >= 0.6 is 0 Å². The third-order valence-corrected chi connectivity index (χ3v) is 2.01. The fourth-order valence-corrected chi connectivity index (χ4v) is 0.925. The molecular formula is C8H14N4O3. The minimum atomic E-state index is -0.963. The SMILES string of the molecule is CC(CO)(CO)Nc1nc[nH]c(=O)c1N. The zero-order valence-electron chi connectivity index (χ0n) is 8.32. The van der Waals surface area contributed by atoms with E-state index < -0.39 is 11.1 Å². The van der Waals surface area contributed by atoms with E-state index in [0.717, 1.165) is 0 Å². The summed E-state index contributed by atoms with van der Waals surface area (Å²) in [5.74, 6) is 0.143. The minimum Gasteiger partial charge on any atom is -0.394 e. The molecule has 0 fully saturated rings. The van der Waals surface area contributed by atoms with Crippen LogP contribution in [0.4, 0.5) is 11.5 Å². The molecule has 15 heavy (non-hydrogen) atoms. The van der Waals surface area contributed by atoms with E-state index in [-0.39, 0.29) is 24.7 Å².